The SMILES string of the molecule is C=C(C=O)CCCCCCCCCCCCCCCCCC. The number of hydrogen-bond donors (Lipinski definition) is 0. The molecule has 1 nitrogen and oxygen atoms in total. The Labute approximate surface area is 140 Å². The van der Waals surface area contributed by atoms with Crippen molar-refractivity contribution < 1.29 is 4.79 Å². The van der Waals surface area contributed by atoms with E-state index in [0.717, 1.165) is 24.7 Å². The van der Waals surface area contributed by atoms with Gasteiger partial charge in [0.05, 0.1) is 0 Å². The summed E-state index contributed by atoms with van der Waals surface area (Å²) in [5, 5.41) is 0. The zero-order valence-corrected chi connectivity index (χ0v) is 15.2. The molecule has 0 bridgehead atoms. The molecule has 0 aromatic heterocycles. The number of allylic oxidation sites excluding steroid dienone is 1. The van der Waals surface area contributed by atoms with Crippen molar-refractivity contribution in [3.63, 3.8) is 0 Å². The van der Waals surface area contributed by atoms with Gasteiger partial charge in [-0.2, -0.15) is 0 Å². The van der Waals surface area contributed by atoms with Crippen LogP contribution in [0.15, 0.2) is 12.2 Å². The molecular formula is C21H40O. The predicted octanol–water partition coefficient (Wildman–Crippen LogP) is 7.39. The maximum Gasteiger partial charge on any atom is 0.145 e. The summed E-state index contributed by atoms with van der Waals surface area (Å²) in [6.45, 7) is 5.99. The first-order valence-electron chi connectivity index (χ1n) is 9.94. The molecule has 0 atom stereocenters. The number of aldehydes is 1. The molecule has 0 aromatic rings. The van der Waals surface area contributed by atoms with Crippen molar-refractivity contribution in [1.29, 1.82) is 0 Å². The predicted molar refractivity (Wildman–Crippen MR) is 99.4 cm³/mol. The van der Waals surface area contributed by atoms with E-state index in [1.54, 1.807) is 0 Å². The Morgan fingerprint density at radius 2 is 0.955 bits per heavy atom. The molecule has 0 aliphatic carbocycles. The van der Waals surface area contributed by atoms with Crippen molar-refractivity contribution >= 4 is 6.29 Å². The topological polar surface area (TPSA) is 17.1 Å². The van der Waals surface area contributed by atoms with E-state index >= 15 is 0 Å². The molecule has 1 heteroatoms. The molecule has 0 aliphatic heterocycles. The third kappa shape index (κ3) is 17.5. The first kappa shape index (κ1) is 21.4. The molecule has 22 heavy (non-hydrogen) atoms. The number of unbranched alkanes of at least 4 members (excludes halogenated alkanes) is 15. The van der Waals surface area contributed by atoms with E-state index in [-0.39, 0.29) is 0 Å². The molecule has 0 radical (unpaired) electrons. The third-order valence-corrected chi connectivity index (χ3v) is 4.52. The van der Waals surface area contributed by atoms with Gasteiger partial charge in [0, 0.05) is 0 Å². The molecule has 0 heterocycles. The molecule has 0 amide bonds. The molecule has 0 saturated carbocycles. The minimum Gasteiger partial charge on any atom is -0.298 e. The lowest BCUT2D eigenvalue weighted by molar-refractivity contribution is -0.105. The fraction of sp³-hybridized carbons (Fsp3) is 0.857. The van der Waals surface area contributed by atoms with Gasteiger partial charge in [0.2, 0.25) is 0 Å². The Hall–Kier alpha value is -0.590. The molecule has 0 spiro atoms. The lowest BCUT2D eigenvalue weighted by atomic mass is 10.0. The van der Waals surface area contributed by atoms with Crippen molar-refractivity contribution in [3.8, 4) is 0 Å². The summed E-state index contributed by atoms with van der Waals surface area (Å²) in [6, 6.07) is 0. The normalized spacial score (nSPS) is 10.8. The van der Waals surface area contributed by atoms with Gasteiger partial charge in [-0.3, -0.25) is 4.79 Å². The number of rotatable bonds is 18. The van der Waals surface area contributed by atoms with Crippen LogP contribution in [0.2, 0.25) is 0 Å². The van der Waals surface area contributed by atoms with Gasteiger partial charge in [0.15, 0.2) is 0 Å². The Bertz CT molecular complexity index is 244. The van der Waals surface area contributed by atoms with Gasteiger partial charge in [-0.05, 0) is 18.4 Å². The highest BCUT2D eigenvalue weighted by Crippen LogP contribution is 2.14. The first-order chi connectivity index (χ1) is 10.8. The zero-order chi connectivity index (χ0) is 16.3. The van der Waals surface area contributed by atoms with Crippen LogP contribution in [-0.2, 0) is 4.79 Å². The van der Waals surface area contributed by atoms with Crippen molar-refractivity contribution in [2.75, 3.05) is 0 Å². The highest BCUT2D eigenvalue weighted by Gasteiger charge is 1.95. The van der Waals surface area contributed by atoms with E-state index in [2.05, 4.69) is 13.5 Å². The van der Waals surface area contributed by atoms with Crippen molar-refractivity contribution in [3.05, 3.63) is 12.2 Å². The monoisotopic (exact) mass is 308 g/mol. The fourth-order valence-corrected chi connectivity index (χ4v) is 2.96. The van der Waals surface area contributed by atoms with Crippen LogP contribution in [0.5, 0.6) is 0 Å². The van der Waals surface area contributed by atoms with Gasteiger partial charge in [-0.25, -0.2) is 0 Å². The molecule has 0 aliphatic rings. The lowest BCUT2D eigenvalue weighted by Crippen LogP contribution is -1.85. The largest absolute Gasteiger partial charge is 0.298 e. The van der Waals surface area contributed by atoms with Gasteiger partial charge in [-0.15, -0.1) is 0 Å². The van der Waals surface area contributed by atoms with Crippen LogP contribution in [0.4, 0.5) is 0 Å². The average Bonchev–Trinajstić information content (AvgIpc) is 2.54. The molecule has 0 fully saturated rings. The summed E-state index contributed by atoms with van der Waals surface area (Å²) < 4.78 is 0. The third-order valence-electron chi connectivity index (χ3n) is 4.52. The molecule has 0 unspecified atom stereocenters. The minimum absolute atomic E-state index is 0.755. The molecule has 0 rings (SSSR count). The minimum atomic E-state index is 0.755. The van der Waals surface area contributed by atoms with Crippen molar-refractivity contribution in [2.45, 2.75) is 116 Å². The summed E-state index contributed by atoms with van der Waals surface area (Å²) in [5.74, 6) is 0. The first-order valence-corrected chi connectivity index (χ1v) is 9.94. The Kier molecular flexibility index (Phi) is 18.0. The van der Waals surface area contributed by atoms with Gasteiger partial charge in [0.1, 0.15) is 6.29 Å². The van der Waals surface area contributed by atoms with E-state index in [0.29, 0.717) is 0 Å². The number of carbonyl (C=O) groups excluding carboxylic acids is 1. The summed E-state index contributed by atoms with van der Waals surface area (Å²) in [6.07, 6.45) is 24.0. The summed E-state index contributed by atoms with van der Waals surface area (Å²) in [7, 11) is 0. The quantitative estimate of drug-likeness (QED) is 0.146. The number of hydrogen-bond acceptors (Lipinski definition) is 1. The summed E-state index contributed by atoms with van der Waals surface area (Å²) in [4.78, 5) is 10.4. The fourth-order valence-electron chi connectivity index (χ4n) is 2.96. The van der Waals surface area contributed by atoms with Gasteiger partial charge < -0.3 is 0 Å². The second-order valence-corrected chi connectivity index (χ2v) is 6.83. The second-order valence-electron chi connectivity index (χ2n) is 6.83. The molecule has 0 saturated heterocycles. The van der Waals surface area contributed by atoms with Gasteiger partial charge in [-0.1, -0.05) is 110 Å². The highest BCUT2D eigenvalue weighted by molar-refractivity contribution is 5.71. The molecular weight excluding hydrogens is 268 g/mol. The lowest BCUT2D eigenvalue weighted by Gasteiger charge is -2.03. The zero-order valence-electron chi connectivity index (χ0n) is 15.2. The van der Waals surface area contributed by atoms with Crippen LogP contribution < -0.4 is 0 Å². The van der Waals surface area contributed by atoms with Crippen molar-refractivity contribution in [1.82, 2.24) is 0 Å². The van der Waals surface area contributed by atoms with Gasteiger partial charge in [0.25, 0.3) is 0 Å². The van der Waals surface area contributed by atoms with Crippen molar-refractivity contribution in [2.24, 2.45) is 0 Å². The van der Waals surface area contributed by atoms with Crippen LogP contribution in [0.1, 0.15) is 116 Å². The Balaban J connectivity index is 2.99. The van der Waals surface area contributed by atoms with E-state index < -0.39 is 0 Å². The Morgan fingerprint density at radius 3 is 1.27 bits per heavy atom. The second kappa shape index (κ2) is 18.5. The average molecular weight is 309 g/mol. The van der Waals surface area contributed by atoms with Gasteiger partial charge >= 0.3 is 0 Å². The summed E-state index contributed by atoms with van der Waals surface area (Å²) >= 11 is 0. The molecule has 0 aromatic carbocycles. The maximum atomic E-state index is 10.4. The maximum absolute atomic E-state index is 10.4. The standard InChI is InChI=1S/C21H40O/c1-3-4-5-6-7-8-9-10-11-12-13-14-15-16-17-18-19-21(2)20-22/h20H,2-19H2,1H3. The molecule has 130 valence electrons. The Morgan fingerprint density at radius 1 is 0.636 bits per heavy atom. The van der Waals surface area contributed by atoms with E-state index in [4.69, 9.17) is 0 Å². The van der Waals surface area contributed by atoms with Crippen LogP contribution in [0.3, 0.4) is 0 Å². The summed E-state index contributed by atoms with van der Waals surface area (Å²) in [5.41, 5.74) is 0.755. The van der Waals surface area contributed by atoms with Crippen LogP contribution in [-0.4, -0.2) is 6.29 Å². The smallest absolute Gasteiger partial charge is 0.145 e. The highest BCUT2D eigenvalue weighted by atomic mass is 16.1. The van der Waals surface area contributed by atoms with Crippen LogP contribution >= 0.6 is 0 Å². The van der Waals surface area contributed by atoms with E-state index in [1.165, 1.54) is 96.3 Å². The van der Waals surface area contributed by atoms with E-state index in [9.17, 15) is 4.79 Å². The van der Waals surface area contributed by atoms with Crippen LogP contribution in [0, 0.1) is 0 Å². The molecule has 0 N–H and O–H groups in total. The number of carbonyl (C=O) groups is 1. The van der Waals surface area contributed by atoms with Crippen LogP contribution in [0.25, 0.3) is 0 Å². The van der Waals surface area contributed by atoms with E-state index in [1.807, 2.05) is 0 Å².